The van der Waals surface area contributed by atoms with Crippen LogP contribution in [-0.2, 0) is 0 Å². The van der Waals surface area contributed by atoms with E-state index in [1.807, 2.05) is 18.2 Å². The number of aromatic nitrogens is 4. The van der Waals surface area contributed by atoms with Crippen LogP contribution in [0, 0.1) is 0 Å². The molecule has 0 spiro atoms. The molecule has 0 aliphatic carbocycles. The van der Waals surface area contributed by atoms with Crippen LogP contribution < -0.4 is 0 Å². The van der Waals surface area contributed by atoms with Gasteiger partial charge in [-0.1, -0.05) is 176 Å². The van der Waals surface area contributed by atoms with Crippen LogP contribution in [0.15, 0.2) is 218 Å². The standard InChI is InChI=1S/C57H36N4/c1-4-15-40(16-5-1)56-48-23-13-12-22-46(48)49-35-55-50(34-53(49)58-56)47-31-30-43(33-54(47)61(55)45-20-8-3-9-21-45)38-24-27-39(28-25-38)51-36-52(60-57(59-51)41-17-6-2-7-18-41)44-29-26-37-14-10-11-19-42(37)32-44/h1-36H. The third-order valence-corrected chi connectivity index (χ3v) is 12.0. The number of rotatable bonds is 6. The molecule has 0 atom stereocenters. The number of benzene rings is 9. The van der Waals surface area contributed by atoms with Gasteiger partial charge in [-0.15, -0.1) is 0 Å². The van der Waals surface area contributed by atoms with Crippen LogP contribution in [0.1, 0.15) is 0 Å². The monoisotopic (exact) mass is 776 g/mol. The van der Waals surface area contributed by atoms with Crippen molar-refractivity contribution in [3.8, 4) is 62.0 Å². The van der Waals surface area contributed by atoms with Gasteiger partial charge in [0.2, 0.25) is 0 Å². The minimum absolute atomic E-state index is 0.705. The van der Waals surface area contributed by atoms with Crippen LogP contribution in [0.2, 0.25) is 0 Å². The van der Waals surface area contributed by atoms with Gasteiger partial charge in [0.1, 0.15) is 0 Å². The molecule has 4 nitrogen and oxygen atoms in total. The lowest BCUT2D eigenvalue weighted by atomic mass is 9.98. The maximum atomic E-state index is 5.35. The Morgan fingerprint density at radius 3 is 1.66 bits per heavy atom. The largest absolute Gasteiger partial charge is 0.309 e. The Labute approximate surface area is 352 Å². The molecule has 0 saturated heterocycles. The van der Waals surface area contributed by atoms with E-state index in [0.29, 0.717) is 5.82 Å². The third kappa shape index (κ3) is 6.04. The number of hydrogen-bond acceptors (Lipinski definition) is 3. The Kier molecular flexibility index (Phi) is 8.13. The predicted octanol–water partition coefficient (Wildman–Crippen LogP) is 14.8. The second kappa shape index (κ2) is 14.3. The first-order valence-electron chi connectivity index (χ1n) is 20.7. The highest BCUT2D eigenvalue weighted by Gasteiger charge is 2.18. The molecule has 4 heteroatoms. The van der Waals surface area contributed by atoms with Crippen LogP contribution in [0.5, 0.6) is 0 Å². The second-order valence-electron chi connectivity index (χ2n) is 15.6. The summed E-state index contributed by atoms with van der Waals surface area (Å²) in [7, 11) is 0. The van der Waals surface area contributed by atoms with Gasteiger partial charge in [0.25, 0.3) is 0 Å². The van der Waals surface area contributed by atoms with Gasteiger partial charge in [-0.2, -0.15) is 0 Å². The van der Waals surface area contributed by atoms with Crippen molar-refractivity contribution in [3.05, 3.63) is 218 Å². The average Bonchev–Trinajstić information content (AvgIpc) is 3.66. The lowest BCUT2D eigenvalue weighted by molar-refractivity contribution is 1.18. The van der Waals surface area contributed by atoms with Crippen LogP contribution in [0.4, 0.5) is 0 Å². The van der Waals surface area contributed by atoms with E-state index in [2.05, 4.69) is 205 Å². The molecule has 3 aromatic heterocycles. The topological polar surface area (TPSA) is 43.6 Å². The molecular formula is C57H36N4. The fourth-order valence-corrected chi connectivity index (χ4v) is 8.96. The zero-order valence-electron chi connectivity index (χ0n) is 33.1. The van der Waals surface area contributed by atoms with Crippen LogP contribution >= 0.6 is 0 Å². The molecule has 9 aromatic carbocycles. The highest BCUT2D eigenvalue weighted by molar-refractivity contribution is 6.19. The van der Waals surface area contributed by atoms with E-state index in [0.717, 1.165) is 83.5 Å². The molecule has 0 unspecified atom stereocenters. The van der Waals surface area contributed by atoms with Crippen LogP contribution in [0.25, 0.3) is 116 Å². The minimum Gasteiger partial charge on any atom is -0.309 e. The molecular weight excluding hydrogens is 741 g/mol. The van der Waals surface area contributed by atoms with Gasteiger partial charge in [0, 0.05) is 49.5 Å². The number of para-hydroxylation sites is 1. The maximum absolute atomic E-state index is 5.35. The first-order chi connectivity index (χ1) is 30.2. The molecule has 0 aliphatic rings. The zero-order valence-corrected chi connectivity index (χ0v) is 33.1. The fraction of sp³-hybridized carbons (Fsp3) is 0. The van der Waals surface area contributed by atoms with Gasteiger partial charge in [0.15, 0.2) is 5.82 Å². The van der Waals surface area contributed by atoms with E-state index >= 15 is 0 Å². The van der Waals surface area contributed by atoms with Gasteiger partial charge in [-0.3, -0.25) is 0 Å². The van der Waals surface area contributed by atoms with E-state index in [1.165, 1.54) is 26.9 Å². The summed E-state index contributed by atoms with van der Waals surface area (Å²) in [6, 6.07) is 77.4. The van der Waals surface area contributed by atoms with Gasteiger partial charge in [-0.05, 0) is 69.8 Å². The van der Waals surface area contributed by atoms with Gasteiger partial charge in [-0.25, -0.2) is 15.0 Å². The van der Waals surface area contributed by atoms with E-state index < -0.39 is 0 Å². The summed E-state index contributed by atoms with van der Waals surface area (Å²) in [5, 5.41) is 8.24. The van der Waals surface area contributed by atoms with Crippen molar-refractivity contribution >= 4 is 54.3 Å². The molecule has 0 aliphatic heterocycles. The molecule has 284 valence electrons. The number of hydrogen-bond donors (Lipinski definition) is 0. The quantitative estimate of drug-likeness (QED) is 0.158. The molecule has 12 rings (SSSR count). The van der Waals surface area contributed by atoms with Crippen molar-refractivity contribution in [2.75, 3.05) is 0 Å². The van der Waals surface area contributed by atoms with Crippen molar-refractivity contribution in [2.45, 2.75) is 0 Å². The number of pyridine rings is 1. The van der Waals surface area contributed by atoms with E-state index in [9.17, 15) is 0 Å². The van der Waals surface area contributed by atoms with E-state index in [4.69, 9.17) is 15.0 Å². The first kappa shape index (κ1) is 34.8. The maximum Gasteiger partial charge on any atom is 0.160 e. The lowest BCUT2D eigenvalue weighted by Crippen LogP contribution is -1.96. The lowest BCUT2D eigenvalue weighted by Gasteiger charge is -2.12. The molecule has 12 aromatic rings. The minimum atomic E-state index is 0.705. The van der Waals surface area contributed by atoms with Crippen molar-refractivity contribution < 1.29 is 0 Å². The number of fused-ring (bicyclic) bond motifs is 7. The number of nitrogens with zero attached hydrogens (tertiary/aromatic N) is 4. The zero-order chi connectivity index (χ0) is 40.3. The van der Waals surface area contributed by atoms with E-state index in [1.54, 1.807) is 0 Å². The van der Waals surface area contributed by atoms with Gasteiger partial charge >= 0.3 is 0 Å². The summed E-state index contributed by atoms with van der Waals surface area (Å²) >= 11 is 0. The molecule has 61 heavy (non-hydrogen) atoms. The summed E-state index contributed by atoms with van der Waals surface area (Å²) in [6.45, 7) is 0. The summed E-state index contributed by atoms with van der Waals surface area (Å²) in [4.78, 5) is 15.6. The summed E-state index contributed by atoms with van der Waals surface area (Å²) in [5.41, 5.74) is 13.7. The highest BCUT2D eigenvalue weighted by atomic mass is 15.0. The van der Waals surface area contributed by atoms with Crippen molar-refractivity contribution in [1.29, 1.82) is 0 Å². The fourth-order valence-electron chi connectivity index (χ4n) is 8.96. The van der Waals surface area contributed by atoms with Crippen LogP contribution in [-0.4, -0.2) is 19.5 Å². The summed E-state index contributed by atoms with van der Waals surface area (Å²) in [5.74, 6) is 0.705. The predicted molar refractivity (Wildman–Crippen MR) is 254 cm³/mol. The van der Waals surface area contributed by atoms with Crippen molar-refractivity contribution in [3.63, 3.8) is 0 Å². The molecule has 0 amide bonds. The summed E-state index contributed by atoms with van der Waals surface area (Å²) < 4.78 is 2.40. The molecule has 0 N–H and O–H groups in total. The molecule has 0 bridgehead atoms. The smallest absolute Gasteiger partial charge is 0.160 e. The van der Waals surface area contributed by atoms with Gasteiger partial charge < -0.3 is 4.57 Å². The normalized spacial score (nSPS) is 11.6. The molecule has 0 radical (unpaired) electrons. The Balaban J connectivity index is 0.994. The SMILES string of the molecule is c1ccc(-c2nc(-c3ccc(-c4ccc5c6cc7nc(-c8ccccc8)c8ccccc8c7cc6n(-c6ccccc6)c5c4)cc3)cc(-c3ccc4ccccc4c3)n2)cc1. The molecule has 0 saturated carbocycles. The summed E-state index contributed by atoms with van der Waals surface area (Å²) in [6.07, 6.45) is 0. The highest BCUT2D eigenvalue weighted by Crippen LogP contribution is 2.40. The Bertz CT molecular complexity index is 3610. The van der Waals surface area contributed by atoms with Crippen molar-refractivity contribution in [2.24, 2.45) is 0 Å². The molecule has 3 heterocycles. The Morgan fingerprint density at radius 2 is 0.885 bits per heavy atom. The van der Waals surface area contributed by atoms with Gasteiger partial charge in [0.05, 0.1) is 33.6 Å². The first-order valence-corrected chi connectivity index (χ1v) is 20.7. The van der Waals surface area contributed by atoms with Crippen LogP contribution in [0.3, 0.4) is 0 Å². The molecule has 0 fully saturated rings. The second-order valence-corrected chi connectivity index (χ2v) is 15.6. The van der Waals surface area contributed by atoms with Crippen molar-refractivity contribution in [1.82, 2.24) is 19.5 Å². The third-order valence-electron chi connectivity index (χ3n) is 12.0. The Hall–Kier alpha value is -8.21. The Morgan fingerprint density at radius 1 is 0.295 bits per heavy atom. The van der Waals surface area contributed by atoms with E-state index in [-0.39, 0.29) is 0 Å². The average molecular weight is 777 g/mol.